The third-order valence-electron chi connectivity index (χ3n) is 20.1. The van der Waals surface area contributed by atoms with Crippen molar-refractivity contribution in [3.05, 3.63) is 0 Å². The van der Waals surface area contributed by atoms with Gasteiger partial charge in [-0.15, -0.1) is 0 Å². The summed E-state index contributed by atoms with van der Waals surface area (Å²) in [6.07, 6.45) is 64.1. The molecule has 17 nitrogen and oxygen atoms in total. The normalized spacial score (nSPS) is 13.9. The topological polar surface area (TPSA) is 237 Å². The maximum atomic E-state index is 13.1. The fraction of sp³-hybridized carbons (Fsp3) is 0.953. The lowest BCUT2D eigenvalue weighted by Gasteiger charge is -2.21. The highest BCUT2D eigenvalue weighted by Gasteiger charge is 2.30. The predicted octanol–water partition coefficient (Wildman–Crippen LogP) is 25.9. The van der Waals surface area contributed by atoms with E-state index < -0.39 is 97.5 Å². The third kappa shape index (κ3) is 79.9. The molecule has 0 saturated carbocycles. The fourth-order valence-corrected chi connectivity index (χ4v) is 14.9. The van der Waals surface area contributed by atoms with Crippen molar-refractivity contribution >= 4 is 39.5 Å². The second-order valence-electron chi connectivity index (χ2n) is 32.8. The van der Waals surface area contributed by atoms with Crippen molar-refractivity contribution in [3.8, 4) is 0 Å². The van der Waals surface area contributed by atoms with Crippen molar-refractivity contribution in [3.63, 3.8) is 0 Å². The summed E-state index contributed by atoms with van der Waals surface area (Å²) >= 11 is 0. The van der Waals surface area contributed by atoms with Gasteiger partial charge < -0.3 is 33.8 Å². The molecule has 0 bridgehead atoms. The van der Waals surface area contributed by atoms with Crippen LogP contribution in [0.1, 0.15) is 447 Å². The smallest absolute Gasteiger partial charge is 0.462 e. The van der Waals surface area contributed by atoms with Gasteiger partial charge in [0.15, 0.2) is 12.2 Å². The molecule has 0 radical (unpaired) electrons. The van der Waals surface area contributed by atoms with Crippen molar-refractivity contribution in [2.45, 2.75) is 465 Å². The summed E-state index contributed by atoms with van der Waals surface area (Å²) in [7, 11) is -9.93. The van der Waals surface area contributed by atoms with Crippen molar-refractivity contribution in [2.24, 2.45) is 23.7 Å². The summed E-state index contributed by atoms with van der Waals surface area (Å²) in [4.78, 5) is 73.2. The van der Waals surface area contributed by atoms with E-state index in [2.05, 4.69) is 55.4 Å². The first kappa shape index (κ1) is 103. The second-order valence-corrected chi connectivity index (χ2v) is 35.7. The fourth-order valence-electron chi connectivity index (χ4n) is 13.3. The van der Waals surface area contributed by atoms with Crippen molar-refractivity contribution in [1.29, 1.82) is 0 Å². The molecule has 105 heavy (non-hydrogen) atoms. The van der Waals surface area contributed by atoms with Crippen LogP contribution in [0.2, 0.25) is 0 Å². The molecule has 0 heterocycles. The highest BCUT2D eigenvalue weighted by molar-refractivity contribution is 7.47. The largest absolute Gasteiger partial charge is 0.472 e. The van der Waals surface area contributed by atoms with Crippen molar-refractivity contribution in [2.75, 3.05) is 39.6 Å². The molecule has 0 aromatic carbocycles. The number of aliphatic hydroxyl groups excluding tert-OH is 1. The number of aliphatic hydroxyl groups is 1. The Morgan fingerprint density at radius 1 is 0.238 bits per heavy atom. The number of esters is 4. The van der Waals surface area contributed by atoms with Crippen LogP contribution >= 0.6 is 15.6 Å². The molecule has 0 rings (SSSR count). The summed E-state index contributed by atoms with van der Waals surface area (Å²) in [5.41, 5.74) is 0. The Balaban J connectivity index is 5.21. The lowest BCUT2D eigenvalue weighted by Crippen LogP contribution is -2.30. The van der Waals surface area contributed by atoms with E-state index >= 15 is 0 Å². The van der Waals surface area contributed by atoms with Gasteiger partial charge >= 0.3 is 39.5 Å². The molecule has 0 spiro atoms. The summed E-state index contributed by atoms with van der Waals surface area (Å²) in [5, 5.41) is 10.7. The minimum Gasteiger partial charge on any atom is -0.462 e. The molecule has 3 unspecified atom stereocenters. The maximum Gasteiger partial charge on any atom is 0.472 e. The van der Waals surface area contributed by atoms with Crippen LogP contribution in [0.3, 0.4) is 0 Å². The predicted molar refractivity (Wildman–Crippen MR) is 432 cm³/mol. The molecule has 0 aliphatic heterocycles. The Labute approximate surface area is 645 Å². The van der Waals surface area contributed by atoms with Crippen LogP contribution in [0, 0.1) is 23.7 Å². The molecule has 19 heteroatoms. The van der Waals surface area contributed by atoms with Crippen LogP contribution in [0.25, 0.3) is 0 Å². The minimum atomic E-state index is -4.97. The molecular weight excluding hydrogens is 1370 g/mol. The second kappa shape index (κ2) is 74.8. The Morgan fingerprint density at radius 3 is 0.590 bits per heavy atom. The Kier molecular flexibility index (Phi) is 73.4. The molecule has 0 amide bonds. The van der Waals surface area contributed by atoms with E-state index in [4.69, 9.17) is 37.0 Å². The van der Waals surface area contributed by atoms with Gasteiger partial charge in [0, 0.05) is 25.7 Å². The Hall–Kier alpha value is -1.94. The lowest BCUT2D eigenvalue weighted by molar-refractivity contribution is -0.161. The van der Waals surface area contributed by atoms with E-state index in [9.17, 15) is 43.2 Å². The summed E-state index contributed by atoms with van der Waals surface area (Å²) in [6, 6.07) is 0. The van der Waals surface area contributed by atoms with E-state index in [1.807, 2.05) is 0 Å². The van der Waals surface area contributed by atoms with Gasteiger partial charge in [0.2, 0.25) is 0 Å². The first-order chi connectivity index (χ1) is 50.6. The number of phosphoric ester groups is 2. The van der Waals surface area contributed by atoms with Gasteiger partial charge in [-0.05, 0) is 49.4 Å². The highest BCUT2D eigenvalue weighted by atomic mass is 31.2. The number of ether oxygens (including phenoxy) is 4. The van der Waals surface area contributed by atoms with Gasteiger partial charge in [0.1, 0.15) is 19.3 Å². The number of carbonyl (C=O) groups excluding carboxylic acids is 4. The summed E-state index contributed by atoms with van der Waals surface area (Å²) in [5.74, 6) is 0.995. The van der Waals surface area contributed by atoms with Gasteiger partial charge in [-0.1, -0.05) is 396 Å². The van der Waals surface area contributed by atoms with Crippen molar-refractivity contribution in [1.82, 2.24) is 0 Å². The Bertz CT molecular complexity index is 2040. The van der Waals surface area contributed by atoms with Crippen LogP contribution in [0.4, 0.5) is 0 Å². The number of hydrogen-bond acceptors (Lipinski definition) is 15. The van der Waals surface area contributed by atoms with Crippen LogP contribution in [0.5, 0.6) is 0 Å². The maximum absolute atomic E-state index is 13.1. The zero-order chi connectivity index (χ0) is 77.4. The van der Waals surface area contributed by atoms with Gasteiger partial charge in [0.05, 0.1) is 26.4 Å². The first-order valence-electron chi connectivity index (χ1n) is 44.2. The van der Waals surface area contributed by atoms with E-state index in [1.54, 1.807) is 0 Å². The lowest BCUT2D eigenvalue weighted by atomic mass is 10.0. The van der Waals surface area contributed by atoms with Gasteiger partial charge in [0.25, 0.3) is 0 Å². The molecule has 0 aromatic heterocycles. The van der Waals surface area contributed by atoms with E-state index in [-0.39, 0.29) is 25.7 Å². The molecular formula is C86H168O17P2. The minimum absolute atomic E-state index is 0.107. The molecule has 0 aliphatic carbocycles. The molecule has 3 N–H and O–H groups in total. The van der Waals surface area contributed by atoms with E-state index in [1.165, 1.54) is 244 Å². The number of hydrogen-bond donors (Lipinski definition) is 3. The average molecular weight is 1540 g/mol. The average Bonchev–Trinajstić information content (AvgIpc) is 0.907. The third-order valence-corrected chi connectivity index (χ3v) is 22.0. The molecule has 0 aromatic rings. The van der Waals surface area contributed by atoms with Crippen molar-refractivity contribution < 1.29 is 80.2 Å². The van der Waals surface area contributed by atoms with Crippen LogP contribution < -0.4 is 0 Å². The van der Waals surface area contributed by atoms with Crippen LogP contribution in [0.15, 0.2) is 0 Å². The number of rotatable bonds is 83. The SMILES string of the molecule is CC(C)CCCCCCCCCCCCCCCCCCC(=O)O[C@H](COC(=O)CCCCCCCCCCCCCCCCCC(C)C)COP(=O)(O)OCC(O)COP(=O)(O)OC[C@@H](COC(=O)CCCCCCCCC(C)C)OC(=O)CCCCCCCCCCCCCCCCCCC(C)C. The monoisotopic (exact) mass is 1540 g/mol. The molecule has 624 valence electrons. The zero-order valence-electron chi connectivity index (χ0n) is 69.4. The van der Waals surface area contributed by atoms with Gasteiger partial charge in [-0.2, -0.15) is 0 Å². The van der Waals surface area contributed by atoms with Gasteiger partial charge in [-0.3, -0.25) is 37.3 Å². The van der Waals surface area contributed by atoms with Crippen LogP contribution in [-0.4, -0.2) is 96.7 Å². The quantitative estimate of drug-likeness (QED) is 0.0222. The van der Waals surface area contributed by atoms with Gasteiger partial charge in [-0.25, -0.2) is 9.13 Å². The van der Waals surface area contributed by atoms with E-state index in [0.29, 0.717) is 31.6 Å². The van der Waals surface area contributed by atoms with Crippen LogP contribution in [-0.2, 0) is 65.4 Å². The standard InChI is InChI=1S/C86H168O17P2/c1-76(2)62-54-46-38-32-26-20-14-9-11-17-24-30-36-42-52-60-68-85(90)102-81(72-96-83(88)66-58-50-41-35-29-23-19-13-16-22-28-34-40-48-56-64-78(5)6)74-100-104(92,93)98-70-80(87)71-99-105(94,95)101-75-82(73-97-84(89)67-59-51-45-44-49-57-65-79(7)8)103-86(91)69-61-53-43-37-31-25-18-12-10-15-21-27-33-39-47-55-63-77(3)4/h76-82,87H,9-75H2,1-8H3,(H,92,93)(H,94,95)/t80?,81-,82-/m1/s1. The zero-order valence-corrected chi connectivity index (χ0v) is 71.2. The molecule has 5 atom stereocenters. The molecule has 0 saturated heterocycles. The first-order valence-corrected chi connectivity index (χ1v) is 47.2. The molecule has 0 aliphatic rings. The summed E-state index contributed by atoms with van der Waals surface area (Å²) in [6.45, 7) is 14.3. The number of unbranched alkanes of at least 4 members (excludes halogenated alkanes) is 49. The molecule has 0 fully saturated rings. The summed E-state index contributed by atoms with van der Waals surface area (Å²) < 4.78 is 68.9. The number of carbonyl (C=O) groups is 4. The van der Waals surface area contributed by atoms with E-state index in [0.717, 1.165) is 114 Å². The highest BCUT2D eigenvalue weighted by Crippen LogP contribution is 2.45. The number of phosphoric acid groups is 2. The Morgan fingerprint density at radius 2 is 0.400 bits per heavy atom.